The fraction of sp³-hybridized carbons (Fsp3) is 0.368. The number of ether oxygens (including phenoxy) is 1. The van der Waals surface area contributed by atoms with Gasteiger partial charge in [0.25, 0.3) is 0 Å². The van der Waals surface area contributed by atoms with Gasteiger partial charge in [-0.25, -0.2) is 0 Å². The molecule has 3 heteroatoms. The monoisotopic (exact) mass is 296 g/mol. The lowest BCUT2D eigenvalue weighted by atomic mass is 9.98. The number of nitrogens with zero attached hydrogens (tertiary/aromatic N) is 1. The van der Waals surface area contributed by atoms with Crippen LogP contribution in [0.15, 0.2) is 48.5 Å². The lowest BCUT2D eigenvalue weighted by Crippen LogP contribution is -2.33. The number of nitrogen functional groups attached to an aromatic ring is 1. The summed E-state index contributed by atoms with van der Waals surface area (Å²) < 4.78 is 6.06. The molecule has 2 aromatic carbocycles. The molecular formula is C19H24N2O. The minimum atomic E-state index is 0.585. The molecule has 22 heavy (non-hydrogen) atoms. The maximum absolute atomic E-state index is 6.06. The molecule has 1 heterocycles. The Morgan fingerprint density at radius 1 is 1.09 bits per heavy atom. The number of benzene rings is 2. The van der Waals surface area contributed by atoms with E-state index in [4.69, 9.17) is 10.5 Å². The van der Waals surface area contributed by atoms with Crippen molar-refractivity contribution >= 4 is 11.4 Å². The lowest BCUT2D eigenvalue weighted by molar-refractivity contribution is 0.305. The van der Waals surface area contributed by atoms with Gasteiger partial charge in [0.1, 0.15) is 12.4 Å². The molecular weight excluding hydrogens is 272 g/mol. The normalized spacial score (nSPS) is 15.8. The summed E-state index contributed by atoms with van der Waals surface area (Å²) in [4.78, 5) is 2.40. The Morgan fingerprint density at radius 2 is 1.82 bits per heavy atom. The van der Waals surface area contributed by atoms with Crippen molar-refractivity contribution in [3.63, 3.8) is 0 Å². The summed E-state index contributed by atoms with van der Waals surface area (Å²) in [5, 5.41) is 0. The van der Waals surface area contributed by atoms with Crippen molar-refractivity contribution in [3.8, 4) is 5.75 Å². The first kappa shape index (κ1) is 14.8. The molecule has 116 valence electrons. The van der Waals surface area contributed by atoms with Gasteiger partial charge in [0, 0.05) is 18.8 Å². The number of anilines is 2. The van der Waals surface area contributed by atoms with Crippen LogP contribution in [0.25, 0.3) is 0 Å². The van der Waals surface area contributed by atoms with E-state index in [0.717, 1.165) is 36.1 Å². The highest BCUT2D eigenvalue weighted by molar-refractivity contribution is 5.65. The summed E-state index contributed by atoms with van der Waals surface area (Å²) in [5.41, 5.74) is 9.08. The van der Waals surface area contributed by atoms with Crippen LogP contribution in [0, 0.1) is 5.92 Å². The van der Waals surface area contributed by atoms with E-state index in [-0.39, 0.29) is 0 Å². The maximum atomic E-state index is 6.06. The van der Waals surface area contributed by atoms with Crippen LogP contribution in [-0.2, 0) is 6.61 Å². The predicted octanol–water partition coefficient (Wildman–Crippen LogP) is 4.08. The van der Waals surface area contributed by atoms with Gasteiger partial charge in [-0.2, -0.15) is 0 Å². The van der Waals surface area contributed by atoms with Gasteiger partial charge < -0.3 is 15.4 Å². The van der Waals surface area contributed by atoms with Crippen molar-refractivity contribution in [2.45, 2.75) is 26.4 Å². The number of piperidine rings is 1. The highest BCUT2D eigenvalue weighted by Gasteiger charge is 2.19. The average molecular weight is 296 g/mol. The second-order valence-electron chi connectivity index (χ2n) is 6.17. The fourth-order valence-corrected chi connectivity index (χ4v) is 2.89. The van der Waals surface area contributed by atoms with Gasteiger partial charge in [0.2, 0.25) is 0 Å². The summed E-state index contributed by atoms with van der Waals surface area (Å²) >= 11 is 0. The van der Waals surface area contributed by atoms with Gasteiger partial charge in [-0.15, -0.1) is 0 Å². The van der Waals surface area contributed by atoms with E-state index in [1.54, 1.807) is 0 Å². The van der Waals surface area contributed by atoms with Crippen molar-refractivity contribution in [2.75, 3.05) is 23.7 Å². The molecule has 0 bridgehead atoms. The molecule has 1 saturated heterocycles. The van der Waals surface area contributed by atoms with E-state index < -0.39 is 0 Å². The second kappa shape index (κ2) is 6.73. The van der Waals surface area contributed by atoms with E-state index in [1.165, 1.54) is 18.4 Å². The van der Waals surface area contributed by atoms with Crippen LogP contribution in [0.2, 0.25) is 0 Å². The number of hydrogen-bond acceptors (Lipinski definition) is 3. The largest absolute Gasteiger partial charge is 0.487 e. The van der Waals surface area contributed by atoms with Crippen LogP contribution >= 0.6 is 0 Å². The smallest absolute Gasteiger partial charge is 0.143 e. The lowest BCUT2D eigenvalue weighted by Gasteiger charge is -2.33. The third-order valence-corrected chi connectivity index (χ3v) is 4.34. The fourth-order valence-electron chi connectivity index (χ4n) is 2.89. The zero-order valence-corrected chi connectivity index (χ0v) is 13.2. The molecule has 2 aromatic rings. The van der Waals surface area contributed by atoms with Crippen LogP contribution in [0.1, 0.15) is 25.3 Å². The first-order chi connectivity index (χ1) is 10.7. The number of rotatable bonds is 4. The number of nitrogens with two attached hydrogens (primary N) is 1. The van der Waals surface area contributed by atoms with Gasteiger partial charge >= 0.3 is 0 Å². The zero-order valence-electron chi connectivity index (χ0n) is 13.2. The summed E-state index contributed by atoms with van der Waals surface area (Å²) in [6.07, 6.45) is 2.46. The Balaban J connectivity index is 1.76. The summed E-state index contributed by atoms with van der Waals surface area (Å²) in [7, 11) is 0. The molecule has 0 spiro atoms. The van der Waals surface area contributed by atoms with Crippen molar-refractivity contribution in [3.05, 3.63) is 54.1 Å². The molecule has 0 aliphatic carbocycles. The van der Waals surface area contributed by atoms with E-state index in [1.807, 2.05) is 36.4 Å². The van der Waals surface area contributed by atoms with E-state index in [2.05, 4.69) is 24.0 Å². The molecule has 1 aliphatic rings. The van der Waals surface area contributed by atoms with E-state index in [0.29, 0.717) is 6.61 Å². The standard InChI is InChI=1S/C19H24N2O/c1-15-9-11-21(12-10-15)18-13-17(20)7-8-19(18)22-14-16-5-3-2-4-6-16/h2-8,13,15H,9-12,14,20H2,1H3. The SMILES string of the molecule is CC1CCN(c2cc(N)ccc2OCc2ccccc2)CC1. The maximum Gasteiger partial charge on any atom is 0.143 e. The minimum Gasteiger partial charge on any atom is -0.487 e. The highest BCUT2D eigenvalue weighted by Crippen LogP contribution is 2.33. The Kier molecular flexibility index (Phi) is 4.52. The molecule has 0 amide bonds. The van der Waals surface area contributed by atoms with E-state index >= 15 is 0 Å². The summed E-state index contributed by atoms with van der Waals surface area (Å²) in [6, 6.07) is 16.2. The van der Waals surface area contributed by atoms with Crippen LogP contribution < -0.4 is 15.4 Å². The van der Waals surface area contributed by atoms with Crippen LogP contribution in [-0.4, -0.2) is 13.1 Å². The quantitative estimate of drug-likeness (QED) is 0.864. The van der Waals surface area contributed by atoms with Crippen molar-refractivity contribution in [2.24, 2.45) is 5.92 Å². The molecule has 1 aliphatic heterocycles. The van der Waals surface area contributed by atoms with Crippen LogP contribution in [0.5, 0.6) is 5.75 Å². The minimum absolute atomic E-state index is 0.585. The first-order valence-corrected chi connectivity index (χ1v) is 8.03. The molecule has 2 N–H and O–H groups in total. The molecule has 1 fully saturated rings. The Morgan fingerprint density at radius 3 is 2.55 bits per heavy atom. The van der Waals surface area contributed by atoms with Crippen molar-refractivity contribution < 1.29 is 4.74 Å². The third-order valence-electron chi connectivity index (χ3n) is 4.34. The first-order valence-electron chi connectivity index (χ1n) is 8.03. The van der Waals surface area contributed by atoms with Crippen molar-refractivity contribution in [1.29, 1.82) is 0 Å². The third kappa shape index (κ3) is 3.53. The van der Waals surface area contributed by atoms with Crippen molar-refractivity contribution in [1.82, 2.24) is 0 Å². The Hall–Kier alpha value is -2.16. The molecule has 0 saturated carbocycles. The molecule has 0 unspecified atom stereocenters. The molecule has 3 nitrogen and oxygen atoms in total. The summed E-state index contributed by atoms with van der Waals surface area (Å²) in [5.74, 6) is 1.73. The Bertz CT molecular complexity index is 604. The number of hydrogen-bond donors (Lipinski definition) is 1. The Labute approximate surface area is 132 Å². The van der Waals surface area contributed by atoms with Crippen LogP contribution in [0.3, 0.4) is 0 Å². The summed E-state index contributed by atoms with van der Waals surface area (Å²) in [6.45, 7) is 5.06. The van der Waals surface area contributed by atoms with Crippen LogP contribution in [0.4, 0.5) is 11.4 Å². The molecule has 0 aromatic heterocycles. The molecule has 0 radical (unpaired) electrons. The van der Waals surface area contributed by atoms with Gasteiger partial charge in [-0.3, -0.25) is 0 Å². The second-order valence-corrected chi connectivity index (χ2v) is 6.17. The molecule has 3 rings (SSSR count). The van der Waals surface area contributed by atoms with Gasteiger partial charge in [-0.1, -0.05) is 37.3 Å². The molecule has 0 atom stereocenters. The predicted molar refractivity (Wildman–Crippen MR) is 92.2 cm³/mol. The van der Waals surface area contributed by atoms with Gasteiger partial charge in [0.05, 0.1) is 5.69 Å². The van der Waals surface area contributed by atoms with Gasteiger partial charge in [-0.05, 0) is 42.5 Å². The topological polar surface area (TPSA) is 38.5 Å². The average Bonchev–Trinajstić information content (AvgIpc) is 2.55. The van der Waals surface area contributed by atoms with E-state index in [9.17, 15) is 0 Å². The van der Waals surface area contributed by atoms with Gasteiger partial charge in [0.15, 0.2) is 0 Å². The highest BCUT2D eigenvalue weighted by atomic mass is 16.5. The zero-order chi connectivity index (χ0) is 15.4.